The number of piperidine rings is 1. The number of likely N-dealkylation sites (tertiary alicyclic amines) is 1. The Morgan fingerprint density at radius 2 is 2.08 bits per heavy atom. The molecule has 5 nitrogen and oxygen atoms in total. The second kappa shape index (κ2) is 7.78. The molecule has 1 fully saturated rings. The number of hydrogen-bond donors (Lipinski definition) is 0. The zero-order chi connectivity index (χ0) is 17.8. The van der Waals surface area contributed by atoms with Gasteiger partial charge < -0.3 is 4.90 Å². The van der Waals surface area contributed by atoms with Crippen LogP contribution < -0.4 is 4.90 Å². The van der Waals surface area contributed by atoms with Gasteiger partial charge in [-0.25, -0.2) is 4.98 Å². The van der Waals surface area contributed by atoms with Crippen molar-refractivity contribution in [3.8, 4) is 0 Å². The molecule has 1 unspecified atom stereocenters. The van der Waals surface area contributed by atoms with Gasteiger partial charge in [-0.3, -0.25) is 14.5 Å². The standard InChI is InChI=1S/C19H23N3O2S/c1-3-17(23)21-11-7-8-15(12-21)18(24)22(16-9-5-4-6-10-16)19-20-14(2)13-25-19/h4-6,9-10,13,15H,3,7-8,11-12H2,1-2H3. The van der Waals surface area contributed by atoms with Gasteiger partial charge in [-0.05, 0) is 31.9 Å². The van der Waals surface area contributed by atoms with Crippen molar-refractivity contribution in [2.75, 3.05) is 18.0 Å². The summed E-state index contributed by atoms with van der Waals surface area (Å²) in [7, 11) is 0. The van der Waals surface area contributed by atoms with Gasteiger partial charge in [0.2, 0.25) is 11.8 Å². The molecule has 1 aromatic heterocycles. The lowest BCUT2D eigenvalue weighted by molar-refractivity contribution is -0.134. The molecule has 1 aliphatic heterocycles. The first-order valence-electron chi connectivity index (χ1n) is 8.69. The number of para-hydroxylation sites is 1. The molecule has 0 aliphatic carbocycles. The topological polar surface area (TPSA) is 53.5 Å². The van der Waals surface area contributed by atoms with Crippen LogP contribution in [0, 0.1) is 12.8 Å². The van der Waals surface area contributed by atoms with Crippen molar-refractivity contribution in [3.05, 3.63) is 41.4 Å². The predicted octanol–water partition coefficient (Wildman–Crippen LogP) is 3.76. The lowest BCUT2D eigenvalue weighted by atomic mass is 9.96. The summed E-state index contributed by atoms with van der Waals surface area (Å²) in [6, 6.07) is 9.62. The summed E-state index contributed by atoms with van der Waals surface area (Å²) in [6.45, 7) is 5.04. The fourth-order valence-electron chi connectivity index (χ4n) is 3.16. The van der Waals surface area contributed by atoms with E-state index in [0.717, 1.165) is 30.8 Å². The number of amides is 2. The molecular weight excluding hydrogens is 334 g/mol. The molecule has 2 amide bonds. The molecule has 3 rings (SSSR count). The highest BCUT2D eigenvalue weighted by Crippen LogP contribution is 2.32. The molecule has 6 heteroatoms. The molecular formula is C19H23N3O2S. The van der Waals surface area contributed by atoms with Gasteiger partial charge in [-0.1, -0.05) is 25.1 Å². The largest absolute Gasteiger partial charge is 0.342 e. The maximum atomic E-state index is 13.3. The monoisotopic (exact) mass is 357 g/mol. The summed E-state index contributed by atoms with van der Waals surface area (Å²) in [5, 5.41) is 2.64. The first-order chi connectivity index (χ1) is 12.1. The van der Waals surface area contributed by atoms with Crippen molar-refractivity contribution in [1.82, 2.24) is 9.88 Å². The Hall–Kier alpha value is -2.21. The first kappa shape index (κ1) is 17.6. The van der Waals surface area contributed by atoms with E-state index < -0.39 is 0 Å². The van der Waals surface area contributed by atoms with Gasteiger partial charge in [0.25, 0.3) is 0 Å². The van der Waals surface area contributed by atoms with Gasteiger partial charge in [0.1, 0.15) is 0 Å². The Kier molecular flexibility index (Phi) is 5.48. The molecule has 0 bridgehead atoms. The molecule has 0 spiro atoms. The second-order valence-electron chi connectivity index (χ2n) is 6.31. The summed E-state index contributed by atoms with van der Waals surface area (Å²) in [4.78, 5) is 33.4. The van der Waals surface area contributed by atoms with Gasteiger partial charge in [0.05, 0.1) is 17.3 Å². The summed E-state index contributed by atoms with van der Waals surface area (Å²) < 4.78 is 0. The van der Waals surface area contributed by atoms with E-state index in [4.69, 9.17) is 0 Å². The summed E-state index contributed by atoms with van der Waals surface area (Å²) >= 11 is 1.47. The summed E-state index contributed by atoms with van der Waals surface area (Å²) in [5.74, 6) is -0.0448. The zero-order valence-corrected chi connectivity index (χ0v) is 15.5. The minimum absolute atomic E-state index is 0.0224. The normalized spacial score (nSPS) is 17.4. The zero-order valence-electron chi connectivity index (χ0n) is 14.6. The number of aromatic nitrogens is 1. The number of nitrogens with zero attached hydrogens (tertiary/aromatic N) is 3. The van der Waals surface area contributed by atoms with Crippen LogP contribution in [-0.2, 0) is 9.59 Å². The Bertz CT molecular complexity index is 744. The van der Waals surface area contributed by atoms with Gasteiger partial charge in [-0.15, -0.1) is 11.3 Å². The molecule has 25 heavy (non-hydrogen) atoms. The van der Waals surface area contributed by atoms with Crippen LogP contribution in [0.3, 0.4) is 0 Å². The molecule has 1 aromatic carbocycles. The number of benzene rings is 1. The summed E-state index contributed by atoms with van der Waals surface area (Å²) in [6.07, 6.45) is 2.15. The van der Waals surface area contributed by atoms with Crippen LogP contribution in [0.1, 0.15) is 31.9 Å². The van der Waals surface area contributed by atoms with E-state index in [9.17, 15) is 9.59 Å². The van der Waals surface area contributed by atoms with Gasteiger partial charge in [0.15, 0.2) is 5.13 Å². The fraction of sp³-hybridized carbons (Fsp3) is 0.421. The number of thiazole rings is 1. The molecule has 0 N–H and O–H groups in total. The third-order valence-electron chi connectivity index (χ3n) is 4.46. The quantitative estimate of drug-likeness (QED) is 0.837. The number of aryl methyl sites for hydroxylation is 1. The molecule has 1 aliphatic rings. The van der Waals surface area contributed by atoms with E-state index in [1.165, 1.54) is 11.3 Å². The van der Waals surface area contributed by atoms with Gasteiger partial charge in [-0.2, -0.15) is 0 Å². The van der Waals surface area contributed by atoms with E-state index in [0.29, 0.717) is 18.1 Å². The van der Waals surface area contributed by atoms with Crippen molar-refractivity contribution in [2.45, 2.75) is 33.1 Å². The number of anilines is 2. The average Bonchev–Trinajstić information content (AvgIpc) is 3.08. The molecule has 0 saturated carbocycles. The van der Waals surface area contributed by atoms with E-state index in [1.54, 1.807) is 4.90 Å². The minimum atomic E-state index is -0.186. The van der Waals surface area contributed by atoms with Crippen LogP contribution in [0.15, 0.2) is 35.7 Å². The van der Waals surface area contributed by atoms with Crippen molar-refractivity contribution in [2.24, 2.45) is 5.92 Å². The van der Waals surface area contributed by atoms with Crippen LogP contribution in [0.4, 0.5) is 10.8 Å². The van der Waals surface area contributed by atoms with Crippen LogP contribution >= 0.6 is 11.3 Å². The number of hydrogen-bond acceptors (Lipinski definition) is 4. The van der Waals surface area contributed by atoms with Crippen molar-refractivity contribution < 1.29 is 9.59 Å². The van der Waals surface area contributed by atoms with Crippen LogP contribution in [0.25, 0.3) is 0 Å². The van der Waals surface area contributed by atoms with Gasteiger partial charge in [0, 0.05) is 24.9 Å². The second-order valence-corrected chi connectivity index (χ2v) is 7.15. The Labute approximate surface area is 152 Å². The smallest absolute Gasteiger partial charge is 0.238 e. The fourth-order valence-corrected chi connectivity index (χ4v) is 3.99. The van der Waals surface area contributed by atoms with Crippen LogP contribution in [-0.4, -0.2) is 34.8 Å². The number of rotatable bonds is 4. The number of carbonyl (C=O) groups is 2. The number of carbonyl (C=O) groups excluding carboxylic acids is 2. The lowest BCUT2D eigenvalue weighted by Crippen LogP contribution is -2.45. The highest BCUT2D eigenvalue weighted by molar-refractivity contribution is 7.14. The molecule has 132 valence electrons. The Morgan fingerprint density at radius 1 is 1.32 bits per heavy atom. The van der Waals surface area contributed by atoms with E-state index >= 15 is 0 Å². The summed E-state index contributed by atoms with van der Waals surface area (Å²) in [5.41, 5.74) is 1.72. The van der Waals surface area contributed by atoms with Crippen molar-refractivity contribution in [1.29, 1.82) is 0 Å². The minimum Gasteiger partial charge on any atom is -0.342 e. The van der Waals surface area contributed by atoms with Crippen LogP contribution in [0.2, 0.25) is 0 Å². The highest BCUT2D eigenvalue weighted by Gasteiger charge is 2.33. The lowest BCUT2D eigenvalue weighted by Gasteiger charge is -2.34. The van der Waals surface area contributed by atoms with Crippen molar-refractivity contribution in [3.63, 3.8) is 0 Å². The molecule has 0 radical (unpaired) electrons. The Balaban J connectivity index is 1.88. The average molecular weight is 357 g/mol. The first-order valence-corrected chi connectivity index (χ1v) is 9.57. The third-order valence-corrected chi connectivity index (χ3v) is 5.40. The highest BCUT2D eigenvalue weighted by atomic mass is 32.1. The van der Waals surface area contributed by atoms with E-state index in [-0.39, 0.29) is 17.7 Å². The molecule has 1 saturated heterocycles. The predicted molar refractivity (Wildman–Crippen MR) is 100 cm³/mol. The van der Waals surface area contributed by atoms with Gasteiger partial charge >= 0.3 is 0 Å². The molecule has 2 aromatic rings. The SMILES string of the molecule is CCC(=O)N1CCCC(C(=O)N(c2ccccc2)c2nc(C)cs2)C1. The molecule has 2 heterocycles. The maximum Gasteiger partial charge on any atom is 0.238 e. The van der Waals surface area contributed by atoms with E-state index in [2.05, 4.69) is 4.98 Å². The van der Waals surface area contributed by atoms with Crippen molar-refractivity contribution >= 4 is 34.0 Å². The Morgan fingerprint density at radius 3 is 2.72 bits per heavy atom. The third kappa shape index (κ3) is 3.90. The van der Waals surface area contributed by atoms with E-state index in [1.807, 2.05) is 54.5 Å². The maximum absolute atomic E-state index is 13.3. The molecule has 1 atom stereocenters. The van der Waals surface area contributed by atoms with Crippen LogP contribution in [0.5, 0.6) is 0 Å².